The lowest BCUT2D eigenvalue weighted by molar-refractivity contribution is 0.103. The summed E-state index contributed by atoms with van der Waals surface area (Å²) in [4.78, 5) is 12.8. The highest BCUT2D eigenvalue weighted by atomic mass is 16.5. The molecule has 2 heteroatoms. The molecule has 0 bridgehead atoms. The fraction of sp³-hybridized carbons (Fsp3) is 0.316. The molecule has 0 aliphatic heterocycles. The van der Waals surface area contributed by atoms with Crippen molar-refractivity contribution in [3.05, 3.63) is 70.3 Å². The Balaban J connectivity index is 2.41. The van der Waals surface area contributed by atoms with Gasteiger partial charge in [0.25, 0.3) is 0 Å². The third-order valence-electron chi connectivity index (χ3n) is 3.71. The van der Waals surface area contributed by atoms with Gasteiger partial charge in [-0.15, -0.1) is 0 Å². The highest BCUT2D eigenvalue weighted by Gasteiger charge is 2.14. The second-order valence-electron chi connectivity index (χ2n) is 5.16. The number of methoxy groups -OCH3 is 1. The van der Waals surface area contributed by atoms with Gasteiger partial charge >= 0.3 is 0 Å². The van der Waals surface area contributed by atoms with Gasteiger partial charge in [0.05, 0.1) is 6.61 Å². The van der Waals surface area contributed by atoms with E-state index in [2.05, 4.69) is 26.0 Å². The molecule has 0 unspecified atom stereocenters. The number of hydrogen-bond donors (Lipinski definition) is 0. The molecule has 0 aliphatic rings. The predicted octanol–water partition coefficient (Wildman–Crippen LogP) is 4.19. The zero-order valence-electron chi connectivity index (χ0n) is 13.0. The quantitative estimate of drug-likeness (QED) is 0.743. The van der Waals surface area contributed by atoms with Crippen LogP contribution in [0.5, 0.6) is 0 Å². The topological polar surface area (TPSA) is 26.3 Å². The molecule has 0 aliphatic carbocycles. The maximum absolute atomic E-state index is 12.8. The Morgan fingerprint density at radius 2 is 1.81 bits per heavy atom. The van der Waals surface area contributed by atoms with Crippen LogP contribution in [0.1, 0.15) is 46.5 Å². The molecule has 0 heterocycles. The molecule has 0 saturated heterocycles. The summed E-state index contributed by atoms with van der Waals surface area (Å²) in [7, 11) is 1.66. The van der Waals surface area contributed by atoms with E-state index < -0.39 is 0 Å². The first-order chi connectivity index (χ1) is 10.2. The van der Waals surface area contributed by atoms with Crippen molar-refractivity contribution in [2.45, 2.75) is 33.3 Å². The van der Waals surface area contributed by atoms with Crippen molar-refractivity contribution >= 4 is 5.78 Å². The summed E-state index contributed by atoms with van der Waals surface area (Å²) in [6, 6.07) is 13.9. The lowest BCUT2D eigenvalue weighted by Crippen LogP contribution is -2.07. The molecule has 2 rings (SSSR count). The summed E-state index contributed by atoms with van der Waals surface area (Å²) in [5.74, 6) is 0.0973. The van der Waals surface area contributed by atoms with Crippen LogP contribution < -0.4 is 0 Å². The third-order valence-corrected chi connectivity index (χ3v) is 3.71. The Hall–Kier alpha value is -1.93. The Bertz CT molecular complexity index is 629. The fourth-order valence-corrected chi connectivity index (χ4v) is 2.49. The molecule has 0 N–H and O–H groups in total. The van der Waals surface area contributed by atoms with Crippen LogP contribution in [0, 0.1) is 0 Å². The number of aryl methyl sites for hydroxylation is 2. The predicted molar refractivity (Wildman–Crippen MR) is 85.8 cm³/mol. The van der Waals surface area contributed by atoms with Crippen LogP contribution >= 0.6 is 0 Å². The Morgan fingerprint density at radius 3 is 2.48 bits per heavy atom. The van der Waals surface area contributed by atoms with E-state index in [0.29, 0.717) is 6.61 Å². The molecular formula is C19H22O2. The van der Waals surface area contributed by atoms with Crippen molar-refractivity contribution in [2.24, 2.45) is 0 Å². The molecule has 2 nitrogen and oxygen atoms in total. The summed E-state index contributed by atoms with van der Waals surface area (Å²) >= 11 is 0. The smallest absolute Gasteiger partial charge is 0.193 e. The Labute approximate surface area is 126 Å². The first-order valence-electron chi connectivity index (χ1n) is 7.44. The van der Waals surface area contributed by atoms with Gasteiger partial charge in [-0.05, 0) is 41.7 Å². The highest BCUT2D eigenvalue weighted by molar-refractivity contribution is 6.10. The van der Waals surface area contributed by atoms with E-state index in [1.165, 1.54) is 5.56 Å². The van der Waals surface area contributed by atoms with E-state index in [0.717, 1.165) is 35.1 Å². The maximum atomic E-state index is 12.8. The number of ketones is 1. The van der Waals surface area contributed by atoms with Gasteiger partial charge in [0.2, 0.25) is 0 Å². The van der Waals surface area contributed by atoms with E-state index in [4.69, 9.17) is 4.74 Å². The van der Waals surface area contributed by atoms with E-state index >= 15 is 0 Å². The zero-order valence-corrected chi connectivity index (χ0v) is 13.0. The summed E-state index contributed by atoms with van der Waals surface area (Å²) in [6.07, 6.45) is 1.80. The van der Waals surface area contributed by atoms with Gasteiger partial charge in [-0.25, -0.2) is 0 Å². The molecule has 0 fully saturated rings. The average molecular weight is 282 g/mol. The minimum Gasteiger partial charge on any atom is -0.380 e. The van der Waals surface area contributed by atoms with Crippen LogP contribution in [-0.2, 0) is 24.2 Å². The second-order valence-corrected chi connectivity index (χ2v) is 5.16. The van der Waals surface area contributed by atoms with E-state index in [1.54, 1.807) is 7.11 Å². The standard InChI is InChI=1S/C19H22O2/c1-4-14-9-10-16(5-2)18(12-14)19(20)17-8-6-7-15(11-17)13-21-3/h6-12H,4-5,13H2,1-3H3. The maximum Gasteiger partial charge on any atom is 0.193 e. The highest BCUT2D eigenvalue weighted by Crippen LogP contribution is 2.19. The molecule has 2 aromatic rings. The SMILES string of the molecule is CCc1ccc(CC)c(C(=O)c2cccc(COC)c2)c1. The average Bonchev–Trinajstić information content (AvgIpc) is 2.54. The molecule has 110 valence electrons. The van der Waals surface area contributed by atoms with E-state index in [9.17, 15) is 4.79 Å². The van der Waals surface area contributed by atoms with Crippen LogP contribution in [0.2, 0.25) is 0 Å². The van der Waals surface area contributed by atoms with E-state index in [-0.39, 0.29) is 5.78 Å². The molecule has 2 aromatic carbocycles. The number of ether oxygens (including phenoxy) is 1. The number of carbonyl (C=O) groups excluding carboxylic acids is 1. The van der Waals surface area contributed by atoms with Gasteiger partial charge in [0.15, 0.2) is 5.78 Å². The summed E-state index contributed by atoms with van der Waals surface area (Å²) < 4.78 is 5.14. The van der Waals surface area contributed by atoms with Crippen molar-refractivity contribution in [1.82, 2.24) is 0 Å². The van der Waals surface area contributed by atoms with Crippen LogP contribution in [0.25, 0.3) is 0 Å². The van der Waals surface area contributed by atoms with Crippen LogP contribution in [0.3, 0.4) is 0 Å². The molecule has 0 aromatic heterocycles. The van der Waals surface area contributed by atoms with Gasteiger partial charge in [-0.1, -0.05) is 44.2 Å². The monoisotopic (exact) mass is 282 g/mol. The molecule has 21 heavy (non-hydrogen) atoms. The number of rotatable bonds is 6. The minimum atomic E-state index is 0.0973. The first-order valence-corrected chi connectivity index (χ1v) is 7.44. The zero-order chi connectivity index (χ0) is 15.2. The van der Waals surface area contributed by atoms with Crippen molar-refractivity contribution in [3.63, 3.8) is 0 Å². The Morgan fingerprint density at radius 1 is 1.00 bits per heavy atom. The molecule has 0 amide bonds. The van der Waals surface area contributed by atoms with Gasteiger partial charge < -0.3 is 4.74 Å². The first kappa shape index (κ1) is 15.5. The molecular weight excluding hydrogens is 260 g/mol. The van der Waals surface area contributed by atoms with Gasteiger partial charge in [-0.2, -0.15) is 0 Å². The number of hydrogen-bond acceptors (Lipinski definition) is 2. The van der Waals surface area contributed by atoms with Crippen molar-refractivity contribution in [1.29, 1.82) is 0 Å². The third kappa shape index (κ3) is 3.59. The van der Waals surface area contributed by atoms with Crippen molar-refractivity contribution in [2.75, 3.05) is 7.11 Å². The largest absolute Gasteiger partial charge is 0.380 e. The second kappa shape index (κ2) is 7.19. The van der Waals surface area contributed by atoms with Crippen molar-refractivity contribution < 1.29 is 9.53 Å². The summed E-state index contributed by atoms with van der Waals surface area (Å²) in [5, 5.41) is 0. The minimum absolute atomic E-state index is 0.0973. The molecule has 0 spiro atoms. The van der Waals surface area contributed by atoms with Crippen LogP contribution in [-0.4, -0.2) is 12.9 Å². The van der Waals surface area contributed by atoms with Crippen molar-refractivity contribution in [3.8, 4) is 0 Å². The molecule has 0 atom stereocenters. The number of carbonyl (C=O) groups is 1. The van der Waals surface area contributed by atoms with Crippen LogP contribution in [0.15, 0.2) is 42.5 Å². The molecule has 0 saturated carbocycles. The lowest BCUT2D eigenvalue weighted by atomic mass is 9.94. The van der Waals surface area contributed by atoms with Gasteiger partial charge in [0, 0.05) is 18.2 Å². The fourth-order valence-electron chi connectivity index (χ4n) is 2.49. The Kier molecular flexibility index (Phi) is 5.29. The van der Waals surface area contributed by atoms with E-state index in [1.807, 2.05) is 30.3 Å². The summed E-state index contributed by atoms with van der Waals surface area (Å²) in [6.45, 7) is 4.71. The van der Waals surface area contributed by atoms with Gasteiger partial charge in [-0.3, -0.25) is 4.79 Å². The normalized spacial score (nSPS) is 10.6. The number of benzene rings is 2. The van der Waals surface area contributed by atoms with Crippen LogP contribution in [0.4, 0.5) is 0 Å². The van der Waals surface area contributed by atoms with Gasteiger partial charge in [0.1, 0.15) is 0 Å². The molecule has 0 radical (unpaired) electrons. The summed E-state index contributed by atoms with van der Waals surface area (Å²) in [5.41, 5.74) is 4.88. The lowest BCUT2D eigenvalue weighted by Gasteiger charge is -2.10.